The lowest BCUT2D eigenvalue weighted by Gasteiger charge is -2.26. The van der Waals surface area contributed by atoms with Crippen LogP contribution in [0.1, 0.15) is 36.8 Å². The summed E-state index contributed by atoms with van der Waals surface area (Å²) in [5, 5.41) is 12.5. The minimum absolute atomic E-state index is 0.113. The maximum Gasteiger partial charge on any atom is 0.306 e. The van der Waals surface area contributed by atoms with Crippen LogP contribution in [0.25, 0.3) is 0 Å². The van der Waals surface area contributed by atoms with E-state index in [0.29, 0.717) is 5.92 Å². The van der Waals surface area contributed by atoms with Crippen molar-refractivity contribution in [2.45, 2.75) is 39.5 Å². The van der Waals surface area contributed by atoms with Crippen molar-refractivity contribution in [2.75, 3.05) is 11.9 Å². The molecule has 0 heterocycles. The molecule has 1 fully saturated rings. The Bertz CT molecular complexity index is 428. The molecule has 1 aliphatic rings. The van der Waals surface area contributed by atoms with E-state index in [1.807, 2.05) is 0 Å². The van der Waals surface area contributed by atoms with Crippen LogP contribution in [-0.2, 0) is 4.79 Å². The standard InChI is InChI=1S/C16H23NO2/c1-11-7-12(2)9-15(8-11)17-10-13-3-5-14(6-4-13)16(18)19/h7-9,13-14,17H,3-6,10H2,1-2H3,(H,18,19). The van der Waals surface area contributed by atoms with Gasteiger partial charge in [-0.2, -0.15) is 0 Å². The zero-order valence-electron chi connectivity index (χ0n) is 11.8. The Labute approximate surface area is 115 Å². The summed E-state index contributed by atoms with van der Waals surface area (Å²) in [4.78, 5) is 10.9. The molecule has 1 aromatic rings. The van der Waals surface area contributed by atoms with Crippen molar-refractivity contribution in [3.8, 4) is 0 Å². The molecule has 2 rings (SSSR count). The predicted molar refractivity (Wildman–Crippen MR) is 77.5 cm³/mol. The fraction of sp³-hybridized carbons (Fsp3) is 0.562. The summed E-state index contributed by atoms with van der Waals surface area (Å²) >= 11 is 0. The number of carboxylic acid groups (broad SMARTS) is 1. The highest BCUT2D eigenvalue weighted by Gasteiger charge is 2.25. The number of carboxylic acids is 1. The number of aryl methyl sites for hydroxylation is 2. The lowest BCUT2D eigenvalue weighted by molar-refractivity contribution is -0.143. The number of nitrogens with one attached hydrogen (secondary N) is 1. The van der Waals surface area contributed by atoms with Crippen LogP contribution in [0, 0.1) is 25.7 Å². The molecule has 0 aromatic heterocycles. The van der Waals surface area contributed by atoms with Gasteiger partial charge in [-0.1, -0.05) is 6.07 Å². The molecule has 0 amide bonds. The Balaban J connectivity index is 1.82. The van der Waals surface area contributed by atoms with E-state index < -0.39 is 5.97 Å². The molecule has 0 radical (unpaired) electrons. The largest absolute Gasteiger partial charge is 0.481 e. The molecule has 3 nitrogen and oxygen atoms in total. The Morgan fingerprint density at radius 1 is 1.16 bits per heavy atom. The molecular formula is C16H23NO2. The number of anilines is 1. The van der Waals surface area contributed by atoms with Gasteiger partial charge in [-0.15, -0.1) is 0 Å². The average Bonchev–Trinajstić information content (AvgIpc) is 2.36. The lowest BCUT2D eigenvalue weighted by atomic mass is 9.82. The molecule has 104 valence electrons. The van der Waals surface area contributed by atoms with Crippen LogP contribution in [0.15, 0.2) is 18.2 Å². The number of carbonyl (C=O) groups is 1. The summed E-state index contributed by atoms with van der Waals surface area (Å²) in [5.74, 6) is -0.130. The molecule has 0 spiro atoms. The van der Waals surface area contributed by atoms with Gasteiger partial charge in [0.1, 0.15) is 0 Å². The molecule has 0 bridgehead atoms. The summed E-state index contributed by atoms with van der Waals surface area (Å²) in [6, 6.07) is 6.50. The molecule has 1 saturated carbocycles. The smallest absolute Gasteiger partial charge is 0.306 e. The van der Waals surface area contributed by atoms with Crippen LogP contribution in [-0.4, -0.2) is 17.6 Å². The van der Waals surface area contributed by atoms with Crippen LogP contribution < -0.4 is 5.32 Å². The second-order valence-electron chi connectivity index (χ2n) is 5.81. The predicted octanol–water partition coefficient (Wildman–Crippen LogP) is 3.61. The second-order valence-corrected chi connectivity index (χ2v) is 5.81. The molecule has 3 heteroatoms. The first-order chi connectivity index (χ1) is 9.04. The van der Waals surface area contributed by atoms with Crippen LogP contribution in [0.3, 0.4) is 0 Å². The van der Waals surface area contributed by atoms with Crippen LogP contribution >= 0.6 is 0 Å². The van der Waals surface area contributed by atoms with Gasteiger partial charge in [0.05, 0.1) is 5.92 Å². The van der Waals surface area contributed by atoms with E-state index in [1.54, 1.807) is 0 Å². The van der Waals surface area contributed by atoms with Gasteiger partial charge in [0, 0.05) is 12.2 Å². The first-order valence-electron chi connectivity index (χ1n) is 7.09. The van der Waals surface area contributed by atoms with Gasteiger partial charge in [0.2, 0.25) is 0 Å². The molecule has 0 atom stereocenters. The molecule has 0 aliphatic heterocycles. The van der Waals surface area contributed by atoms with Crippen molar-refractivity contribution in [1.82, 2.24) is 0 Å². The third-order valence-electron chi connectivity index (χ3n) is 4.01. The maximum atomic E-state index is 10.9. The van der Waals surface area contributed by atoms with Crippen molar-refractivity contribution in [3.63, 3.8) is 0 Å². The van der Waals surface area contributed by atoms with Crippen molar-refractivity contribution in [1.29, 1.82) is 0 Å². The quantitative estimate of drug-likeness (QED) is 0.870. The van der Waals surface area contributed by atoms with Crippen LogP contribution in [0.4, 0.5) is 5.69 Å². The van der Waals surface area contributed by atoms with Crippen molar-refractivity contribution in [3.05, 3.63) is 29.3 Å². The maximum absolute atomic E-state index is 10.9. The first-order valence-corrected chi connectivity index (χ1v) is 7.09. The normalized spacial score (nSPS) is 23.1. The second kappa shape index (κ2) is 6.09. The summed E-state index contributed by atoms with van der Waals surface area (Å²) in [6.07, 6.45) is 3.70. The average molecular weight is 261 g/mol. The van der Waals surface area contributed by atoms with E-state index in [1.165, 1.54) is 16.8 Å². The Morgan fingerprint density at radius 3 is 2.26 bits per heavy atom. The molecule has 2 N–H and O–H groups in total. The third kappa shape index (κ3) is 3.98. The Hall–Kier alpha value is -1.51. The molecule has 0 saturated heterocycles. The molecule has 19 heavy (non-hydrogen) atoms. The highest BCUT2D eigenvalue weighted by Crippen LogP contribution is 2.29. The summed E-state index contributed by atoms with van der Waals surface area (Å²) < 4.78 is 0. The van der Waals surface area contributed by atoms with Crippen molar-refractivity contribution in [2.24, 2.45) is 11.8 Å². The van der Waals surface area contributed by atoms with Gasteiger partial charge in [-0.05, 0) is 68.7 Å². The minimum Gasteiger partial charge on any atom is -0.481 e. The highest BCUT2D eigenvalue weighted by molar-refractivity contribution is 5.70. The summed E-state index contributed by atoms with van der Waals surface area (Å²) in [7, 11) is 0. The zero-order valence-corrected chi connectivity index (χ0v) is 11.8. The number of aliphatic carboxylic acids is 1. The fourth-order valence-corrected chi connectivity index (χ4v) is 2.95. The number of rotatable bonds is 4. The lowest BCUT2D eigenvalue weighted by Crippen LogP contribution is -2.25. The van der Waals surface area contributed by atoms with E-state index in [0.717, 1.165) is 32.2 Å². The van der Waals surface area contributed by atoms with Crippen LogP contribution in [0.2, 0.25) is 0 Å². The molecule has 1 aromatic carbocycles. The van der Waals surface area contributed by atoms with E-state index >= 15 is 0 Å². The van der Waals surface area contributed by atoms with Crippen molar-refractivity contribution >= 4 is 11.7 Å². The summed E-state index contributed by atoms with van der Waals surface area (Å²) in [6.45, 7) is 5.17. The summed E-state index contributed by atoms with van der Waals surface area (Å²) in [5.41, 5.74) is 3.73. The molecular weight excluding hydrogens is 238 g/mol. The van der Waals surface area contributed by atoms with Gasteiger partial charge < -0.3 is 10.4 Å². The van der Waals surface area contributed by atoms with E-state index in [9.17, 15) is 4.79 Å². The SMILES string of the molecule is Cc1cc(C)cc(NCC2CCC(C(=O)O)CC2)c1. The van der Waals surface area contributed by atoms with Gasteiger partial charge in [-0.3, -0.25) is 4.79 Å². The minimum atomic E-state index is -0.624. The molecule has 0 unspecified atom stereocenters. The number of hydrogen-bond acceptors (Lipinski definition) is 2. The highest BCUT2D eigenvalue weighted by atomic mass is 16.4. The van der Waals surface area contributed by atoms with E-state index in [-0.39, 0.29) is 5.92 Å². The van der Waals surface area contributed by atoms with Gasteiger partial charge in [0.15, 0.2) is 0 Å². The van der Waals surface area contributed by atoms with Crippen LogP contribution in [0.5, 0.6) is 0 Å². The van der Waals surface area contributed by atoms with E-state index in [4.69, 9.17) is 5.11 Å². The fourth-order valence-electron chi connectivity index (χ4n) is 2.95. The Kier molecular flexibility index (Phi) is 4.46. The number of hydrogen-bond donors (Lipinski definition) is 2. The molecule has 1 aliphatic carbocycles. The Morgan fingerprint density at radius 2 is 1.74 bits per heavy atom. The first kappa shape index (κ1) is 13.9. The topological polar surface area (TPSA) is 49.3 Å². The van der Waals surface area contributed by atoms with E-state index in [2.05, 4.69) is 37.4 Å². The monoisotopic (exact) mass is 261 g/mol. The third-order valence-corrected chi connectivity index (χ3v) is 4.01. The van der Waals surface area contributed by atoms with Gasteiger partial charge in [0.25, 0.3) is 0 Å². The number of benzene rings is 1. The van der Waals surface area contributed by atoms with Gasteiger partial charge in [-0.25, -0.2) is 0 Å². The van der Waals surface area contributed by atoms with Gasteiger partial charge >= 0.3 is 5.97 Å². The van der Waals surface area contributed by atoms with Crippen molar-refractivity contribution < 1.29 is 9.90 Å². The zero-order chi connectivity index (χ0) is 13.8.